The SMILES string of the molecule is COc1ccc(CNc2nccc(NCc3cccc(C)c3)n2)cc1. The minimum absolute atomic E-state index is 0.602. The van der Waals surface area contributed by atoms with Crippen molar-refractivity contribution < 1.29 is 4.74 Å². The fourth-order valence-corrected chi connectivity index (χ4v) is 2.48. The van der Waals surface area contributed by atoms with E-state index in [-0.39, 0.29) is 0 Å². The second kappa shape index (κ2) is 8.15. The lowest BCUT2D eigenvalue weighted by Crippen LogP contribution is -2.06. The molecule has 0 amide bonds. The molecular weight excluding hydrogens is 312 g/mol. The quantitative estimate of drug-likeness (QED) is 0.683. The molecule has 2 aromatic carbocycles. The lowest BCUT2D eigenvalue weighted by atomic mass is 10.1. The molecule has 0 atom stereocenters. The molecular formula is C20H22N4O. The van der Waals surface area contributed by atoms with Crippen molar-refractivity contribution in [2.45, 2.75) is 20.0 Å². The van der Waals surface area contributed by atoms with Crippen molar-refractivity contribution in [3.05, 3.63) is 77.5 Å². The van der Waals surface area contributed by atoms with E-state index in [0.29, 0.717) is 12.5 Å². The zero-order valence-electron chi connectivity index (χ0n) is 14.5. The molecule has 128 valence electrons. The minimum atomic E-state index is 0.602. The molecule has 0 unspecified atom stereocenters. The Labute approximate surface area is 148 Å². The van der Waals surface area contributed by atoms with Gasteiger partial charge < -0.3 is 15.4 Å². The van der Waals surface area contributed by atoms with E-state index < -0.39 is 0 Å². The van der Waals surface area contributed by atoms with E-state index in [1.54, 1.807) is 13.3 Å². The van der Waals surface area contributed by atoms with Crippen molar-refractivity contribution in [3.63, 3.8) is 0 Å². The van der Waals surface area contributed by atoms with Crippen LogP contribution in [0.1, 0.15) is 16.7 Å². The maximum Gasteiger partial charge on any atom is 0.224 e. The molecule has 2 N–H and O–H groups in total. The van der Waals surface area contributed by atoms with Gasteiger partial charge in [-0.1, -0.05) is 42.0 Å². The lowest BCUT2D eigenvalue weighted by Gasteiger charge is -2.09. The summed E-state index contributed by atoms with van der Waals surface area (Å²) >= 11 is 0. The number of hydrogen-bond donors (Lipinski definition) is 2. The molecule has 0 saturated heterocycles. The van der Waals surface area contributed by atoms with Crippen LogP contribution >= 0.6 is 0 Å². The standard InChI is InChI=1S/C20H22N4O/c1-15-4-3-5-17(12-15)14-22-19-10-11-21-20(24-19)23-13-16-6-8-18(25-2)9-7-16/h3-12H,13-14H2,1-2H3,(H2,21,22,23,24). The maximum absolute atomic E-state index is 5.17. The van der Waals surface area contributed by atoms with Crippen LogP contribution < -0.4 is 15.4 Å². The Hall–Kier alpha value is -3.08. The Balaban J connectivity index is 1.57. The van der Waals surface area contributed by atoms with Gasteiger partial charge in [0.15, 0.2) is 0 Å². The summed E-state index contributed by atoms with van der Waals surface area (Å²) in [4.78, 5) is 8.77. The predicted octanol–water partition coefficient (Wildman–Crippen LogP) is 4.02. The minimum Gasteiger partial charge on any atom is -0.497 e. The fourth-order valence-electron chi connectivity index (χ4n) is 2.48. The van der Waals surface area contributed by atoms with Gasteiger partial charge >= 0.3 is 0 Å². The van der Waals surface area contributed by atoms with Crippen LogP contribution in [0.15, 0.2) is 60.8 Å². The van der Waals surface area contributed by atoms with E-state index in [9.17, 15) is 0 Å². The predicted molar refractivity (Wildman–Crippen MR) is 101 cm³/mol. The Morgan fingerprint density at radius 2 is 1.72 bits per heavy atom. The number of nitrogens with one attached hydrogen (secondary N) is 2. The highest BCUT2D eigenvalue weighted by molar-refractivity contribution is 5.41. The van der Waals surface area contributed by atoms with Gasteiger partial charge in [-0.2, -0.15) is 4.98 Å². The molecule has 3 aromatic rings. The summed E-state index contributed by atoms with van der Waals surface area (Å²) in [5, 5.41) is 6.58. The van der Waals surface area contributed by atoms with E-state index in [4.69, 9.17) is 4.74 Å². The first-order valence-electron chi connectivity index (χ1n) is 8.22. The van der Waals surface area contributed by atoms with Crippen molar-refractivity contribution in [2.75, 3.05) is 17.7 Å². The van der Waals surface area contributed by atoms with Crippen LogP contribution in [0.4, 0.5) is 11.8 Å². The number of benzene rings is 2. The summed E-state index contributed by atoms with van der Waals surface area (Å²) in [6.45, 7) is 3.48. The largest absolute Gasteiger partial charge is 0.497 e. The van der Waals surface area contributed by atoms with Crippen LogP contribution in [0.25, 0.3) is 0 Å². The van der Waals surface area contributed by atoms with E-state index in [0.717, 1.165) is 23.7 Å². The van der Waals surface area contributed by atoms with Crippen molar-refractivity contribution in [3.8, 4) is 5.75 Å². The molecule has 0 radical (unpaired) electrons. The lowest BCUT2D eigenvalue weighted by molar-refractivity contribution is 0.414. The van der Waals surface area contributed by atoms with Gasteiger partial charge in [0.25, 0.3) is 0 Å². The van der Waals surface area contributed by atoms with Crippen LogP contribution in [0.2, 0.25) is 0 Å². The summed E-state index contributed by atoms with van der Waals surface area (Å²) in [6.07, 6.45) is 1.75. The van der Waals surface area contributed by atoms with E-state index in [1.807, 2.05) is 30.3 Å². The molecule has 0 spiro atoms. The average Bonchev–Trinajstić information content (AvgIpc) is 2.65. The zero-order valence-corrected chi connectivity index (χ0v) is 14.5. The zero-order chi connectivity index (χ0) is 17.5. The Morgan fingerprint density at radius 1 is 0.920 bits per heavy atom. The van der Waals surface area contributed by atoms with Gasteiger partial charge in [-0.3, -0.25) is 0 Å². The normalized spacial score (nSPS) is 10.3. The highest BCUT2D eigenvalue weighted by atomic mass is 16.5. The summed E-state index contributed by atoms with van der Waals surface area (Å²) < 4.78 is 5.17. The van der Waals surface area contributed by atoms with Gasteiger partial charge in [-0.05, 0) is 36.2 Å². The smallest absolute Gasteiger partial charge is 0.224 e. The Kier molecular flexibility index (Phi) is 5.46. The van der Waals surface area contributed by atoms with Crippen LogP contribution in [-0.4, -0.2) is 17.1 Å². The summed E-state index contributed by atoms with van der Waals surface area (Å²) in [7, 11) is 1.66. The molecule has 0 aliphatic heterocycles. The second-order valence-corrected chi connectivity index (χ2v) is 5.81. The number of nitrogens with zero attached hydrogens (tertiary/aromatic N) is 2. The third kappa shape index (κ3) is 4.94. The van der Waals surface area contributed by atoms with Crippen LogP contribution in [0, 0.1) is 6.92 Å². The first-order valence-corrected chi connectivity index (χ1v) is 8.22. The molecule has 5 heteroatoms. The molecule has 1 heterocycles. The van der Waals surface area contributed by atoms with Crippen LogP contribution in [0.5, 0.6) is 5.75 Å². The van der Waals surface area contributed by atoms with Gasteiger partial charge in [0, 0.05) is 19.3 Å². The van der Waals surface area contributed by atoms with Crippen molar-refractivity contribution in [1.29, 1.82) is 0 Å². The van der Waals surface area contributed by atoms with Crippen molar-refractivity contribution >= 4 is 11.8 Å². The number of anilines is 2. The van der Waals surface area contributed by atoms with Gasteiger partial charge in [0.1, 0.15) is 11.6 Å². The van der Waals surface area contributed by atoms with Gasteiger partial charge in [-0.15, -0.1) is 0 Å². The molecule has 1 aromatic heterocycles. The number of aryl methyl sites for hydroxylation is 1. The number of methoxy groups -OCH3 is 1. The molecule has 5 nitrogen and oxygen atoms in total. The fraction of sp³-hybridized carbons (Fsp3) is 0.200. The summed E-state index contributed by atoms with van der Waals surface area (Å²) in [5.74, 6) is 2.25. The number of ether oxygens (including phenoxy) is 1. The molecule has 25 heavy (non-hydrogen) atoms. The van der Waals surface area contributed by atoms with Crippen LogP contribution in [0.3, 0.4) is 0 Å². The first-order chi connectivity index (χ1) is 12.2. The molecule has 0 bridgehead atoms. The highest BCUT2D eigenvalue weighted by Gasteiger charge is 2.01. The average molecular weight is 334 g/mol. The monoisotopic (exact) mass is 334 g/mol. The van der Waals surface area contributed by atoms with E-state index >= 15 is 0 Å². The van der Waals surface area contributed by atoms with Crippen molar-refractivity contribution in [1.82, 2.24) is 9.97 Å². The molecule has 0 aliphatic carbocycles. The summed E-state index contributed by atoms with van der Waals surface area (Å²) in [6, 6.07) is 18.2. The highest BCUT2D eigenvalue weighted by Crippen LogP contribution is 2.13. The summed E-state index contributed by atoms with van der Waals surface area (Å²) in [5.41, 5.74) is 3.62. The second-order valence-electron chi connectivity index (χ2n) is 5.81. The topological polar surface area (TPSA) is 59.1 Å². The van der Waals surface area contributed by atoms with Gasteiger partial charge in [0.05, 0.1) is 7.11 Å². The molecule has 3 rings (SSSR count). The van der Waals surface area contributed by atoms with Crippen molar-refractivity contribution in [2.24, 2.45) is 0 Å². The third-order valence-corrected chi connectivity index (χ3v) is 3.82. The number of aromatic nitrogens is 2. The Bertz CT molecular complexity index is 818. The first kappa shape index (κ1) is 16.8. The maximum atomic E-state index is 5.17. The third-order valence-electron chi connectivity index (χ3n) is 3.82. The van der Waals surface area contributed by atoms with Gasteiger partial charge in [-0.25, -0.2) is 4.98 Å². The molecule has 0 aliphatic rings. The van der Waals surface area contributed by atoms with E-state index in [2.05, 4.69) is 51.8 Å². The molecule has 0 saturated carbocycles. The van der Waals surface area contributed by atoms with Gasteiger partial charge in [0.2, 0.25) is 5.95 Å². The van der Waals surface area contributed by atoms with Crippen LogP contribution in [-0.2, 0) is 13.1 Å². The number of rotatable bonds is 7. The van der Waals surface area contributed by atoms with E-state index in [1.165, 1.54) is 11.1 Å². The number of hydrogen-bond acceptors (Lipinski definition) is 5. The Morgan fingerprint density at radius 3 is 2.48 bits per heavy atom. The molecule has 0 fully saturated rings.